The molecule has 1 aromatic heterocycles. The van der Waals surface area contributed by atoms with Gasteiger partial charge in [0.1, 0.15) is 5.82 Å². The Morgan fingerprint density at radius 2 is 2.06 bits per heavy atom. The molecule has 90 valence electrons. The van der Waals surface area contributed by atoms with Crippen molar-refractivity contribution in [3.05, 3.63) is 52.5 Å². The minimum Gasteiger partial charge on any atom is -0.392 e. The summed E-state index contributed by atoms with van der Waals surface area (Å²) in [6.45, 7) is 0.0428. The molecule has 0 amide bonds. The van der Waals surface area contributed by atoms with Crippen LogP contribution < -0.4 is 0 Å². The average Bonchev–Trinajstić information content (AvgIpc) is 2.81. The van der Waals surface area contributed by atoms with Gasteiger partial charge >= 0.3 is 0 Å². The number of benzene rings is 2. The van der Waals surface area contributed by atoms with Gasteiger partial charge in [-0.3, -0.25) is 0 Å². The Morgan fingerprint density at radius 3 is 2.83 bits per heavy atom. The smallest absolute Gasteiger partial charge is 0.138 e. The summed E-state index contributed by atoms with van der Waals surface area (Å²) in [7, 11) is 0. The molecule has 0 aliphatic carbocycles. The number of nitrogens with zero attached hydrogens (tertiary/aromatic N) is 1. The second-order valence-electron chi connectivity index (χ2n) is 4.11. The Balaban J connectivity index is 2.13. The van der Waals surface area contributed by atoms with E-state index in [1.165, 1.54) is 0 Å². The van der Waals surface area contributed by atoms with E-state index < -0.39 is 0 Å². The lowest BCUT2D eigenvalue weighted by atomic mass is 10.2. The summed E-state index contributed by atoms with van der Waals surface area (Å²) >= 11 is 3.45. The highest BCUT2D eigenvalue weighted by molar-refractivity contribution is 9.10. The van der Waals surface area contributed by atoms with Gasteiger partial charge in [0.15, 0.2) is 0 Å². The molecule has 3 nitrogen and oxygen atoms in total. The number of imidazole rings is 1. The summed E-state index contributed by atoms with van der Waals surface area (Å²) < 4.78 is 1.02. The lowest BCUT2D eigenvalue weighted by molar-refractivity contribution is 0.282. The van der Waals surface area contributed by atoms with Crippen LogP contribution >= 0.6 is 15.9 Å². The SMILES string of the molecule is OCc1ccc2nc(-c3cccc(Br)c3)[nH]c2c1. The quantitative estimate of drug-likeness (QED) is 0.761. The van der Waals surface area contributed by atoms with Crippen molar-refractivity contribution in [2.75, 3.05) is 0 Å². The normalized spacial score (nSPS) is 11.0. The van der Waals surface area contributed by atoms with Crippen LogP contribution in [0.5, 0.6) is 0 Å². The molecule has 3 rings (SSSR count). The highest BCUT2D eigenvalue weighted by Crippen LogP contribution is 2.23. The van der Waals surface area contributed by atoms with Crippen molar-refractivity contribution in [1.82, 2.24) is 9.97 Å². The molecular formula is C14H11BrN2O. The molecule has 0 radical (unpaired) electrons. The van der Waals surface area contributed by atoms with E-state index in [0.29, 0.717) is 0 Å². The standard InChI is InChI=1S/C14H11BrN2O/c15-11-3-1-2-10(7-11)14-16-12-5-4-9(8-18)6-13(12)17-14/h1-7,18H,8H2,(H,16,17). The first-order chi connectivity index (χ1) is 8.76. The third-order valence-corrected chi connectivity index (χ3v) is 3.32. The van der Waals surface area contributed by atoms with Gasteiger partial charge in [-0.25, -0.2) is 4.98 Å². The van der Waals surface area contributed by atoms with Gasteiger partial charge in [-0.15, -0.1) is 0 Å². The summed E-state index contributed by atoms with van der Waals surface area (Å²) in [5.41, 5.74) is 3.76. The molecule has 0 saturated heterocycles. The van der Waals surface area contributed by atoms with Crippen molar-refractivity contribution in [3.8, 4) is 11.4 Å². The molecule has 0 aliphatic rings. The molecule has 0 unspecified atom stereocenters. The number of aromatic amines is 1. The highest BCUT2D eigenvalue weighted by Gasteiger charge is 2.06. The minimum atomic E-state index is 0.0428. The number of nitrogens with one attached hydrogen (secondary N) is 1. The molecule has 18 heavy (non-hydrogen) atoms. The predicted octanol–water partition coefficient (Wildman–Crippen LogP) is 3.48. The summed E-state index contributed by atoms with van der Waals surface area (Å²) in [6.07, 6.45) is 0. The molecule has 1 heterocycles. The van der Waals surface area contributed by atoms with Crippen molar-refractivity contribution >= 4 is 27.0 Å². The molecule has 3 aromatic rings. The molecular weight excluding hydrogens is 292 g/mol. The van der Waals surface area contributed by atoms with E-state index in [2.05, 4.69) is 25.9 Å². The van der Waals surface area contributed by atoms with Crippen molar-refractivity contribution in [2.45, 2.75) is 6.61 Å². The van der Waals surface area contributed by atoms with Gasteiger partial charge in [0, 0.05) is 10.0 Å². The first-order valence-electron chi connectivity index (χ1n) is 5.62. The van der Waals surface area contributed by atoms with Gasteiger partial charge in [0.2, 0.25) is 0 Å². The average molecular weight is 303 g/mol. The van der Waals surface area contributed by atoms with Crippen LogP contribution in [-0.4, -0.2) is 15.1 Å². The van der Waals surface area contributed by atoms with Crippen LogP contribution in [-0.2, 0) is 6.61 Å². The van der Waals surface area contributed by atoms with E-state index in [4.69, 9.17) is 5.11 Å². The number of aromatic nitrogens is 2. The number of aliphatic hydroxyl groups is 1. The van der Waals surface area contributed by atoms with E-state index in [9.17, 15) is 0 Å². The highest BCUT2D eigenvalue weighted by atomic mass is 79.9. The first kappa shape index (κ1) is 11.4. The van der Waals surface area contributed by atoms with Crippen molar-refractivity contribution in [1.29, 1.82) is 0 Å². The van der Waals surface area contributed by atoms with Crippen molar-refractivity contribution in [2.24, 2.45) is 0 Å². The predicted molar refractivity (Wildman–Crippen MR) is 75.2 cm³/mol. The monoisotopic (exact) mass is 302 g/mol. The van der Waals surface area contributed by atoms with Crippen LogP contribution in [0, 0.1) is 0 Å². The fourth-order valence-electron chi connectivity index (χ4n) is 1.93. The number of hydrogen-bond donors (Lipinski definition) is 2. The number of halogens is 1. The first-order valence-corrected chi connectivity index (χ1v) is 6.41. The number of H-pyrrole nitrogens is 1. The molecule has 0 atom stereocenters. The van der Waals surface area contributed by atoms with E-state index in [0.717, 1.165) is 32.5 Å². The number of fused-ring (bicyclic) bond motifs is 1. The van der Waals surface area contributed by atoms with E-state index in [1.54, 1.807) is 0 Å². The van der Waals surface area contributed by atoms with Crippen LogP contribution in [0.15, 0.2) is 46.9 Å². The Hall–Kier alpha value is -1.65. The van der Waals surface area contributed by atoms with Crippen LogP contribution in [0.3, 0.4) is 0 Å². The van der Waals surface area contributed by atoms with Gasteiger partial charge < -0.3 is 10.1 Å². The second-order valence-corrected chi connectivity index (χ2v) is 5.02. The fraction of sp³-hybridized carbons (Fsp3) is 0.0714. The molecule has 2 N–H and O–H groups in total. The number of hydrogen-bond acceptors (Lipinski definition) is 2. The lowest BCUT2D eigenvalue weighted by Gasteiger charge is -1.96. The molecule has 4 heteroatoms. The topological polar surface area (TPSA) is 48.9 Å². The molecule has 0 spiro atoms. The minimum absolute atomic E-state index is 0.0428. The molecule has 0 fully saturated rings. The molecule has 0 bridgehead atoms. The zero-order valence-corrected chi connectivity index (χ0v) is 11.1. The Morgan fingerprint density at radius 1 is 1.17 bits per heavy atom. The van der Waals surface area contributed by atoms with Crippen LogP contribution in [0.25, 0.3) is 22.4 Å². The Labute approximate surface area is 113 Å². The van der Waals surface area contributed by atoms with Crippen molar-refractivity contribution in [3.63, 3.8) is 0 Å². The summed E-state index contributed by atoms with van der Waals surface area (Å²) in [4.78, 5) is 7.81. The van der Waals surface area contributed by atoms with Crippen LogP contribution in [0.4, 0.5) is 0 Å². The zero-order valence-electron chi connectivity index (χ0n) is 9.52. The second kappa shape index (κ2) is 4.55. The van der Waals surface area contributed by atoms with E-state index in [1.807, 2.05) is 42.5 Å². The third kappa shape index (κ3) is 2.05. The summed E-state index contributed by atoms with van der Waals surface area (Å²) in [5.74, 6) is 0.835. The number of aliphatic hydroxyl groups excluding tert-OH is 1. The van der Waals surface area contributed by atoms with Gasteiger partial charge in [0.25, 0.3) is 0 Å². The van der Waals surface area contributed by atoms with E-state index >= 15 is 0 Å². The van der Waals surface area contributed by atoms with Gasteiger partial charge in [-0.2, -0.15) is 0 Å². The van der Waals surface area contributed by atoms with Crippen LogP contribution in [0.2, 0.25) is 0 Å². The van der Waals surface area contributed by atoms with Crippen molar-refractivity contribution < 1.29 is 5.11 Å². The molecule has 0 saturated carbocycles. The largest absolute Gasteiger partial charge is 0.392 e. The Bertz CT molecular complexity index is 706. The number of rotatable bonds is 2. The maximum atomic E-state index is 9.12. The summed E-state index contributed by atoms with van der Waals surface area (Å²) in [5, 5.41) is 9.12. The van der Waals surface area contributed by atoms with E-state index in [-0.39, 0.29) is 6.61 Å². The van der Waals surface area contributed by atoms with Gasteiger partial charge in [-0.05, 0) is 29.8 Å². The zero-order chi connectivity index (χ0) is 12.5. The van der Waals surface area contributed by atoms with Gasteiger partial charge in [0.05, 0.1) is 17.6 Å². The Kier molecular flexibility index (Phi) is 2.89. The van der Waals surface area contributed by atoms with Gasteiger partial charge in [-0.1, -0.05) is 34.1 Å². The lowest BCUT2D eigenvalue weighted by Crippen LogP contribution is -1.81. The summed E-state index contributed by atoms with van der Waals surface area (Å²) in [6, 6.07) is 13.7. The van der Waals surface area contributed by atoms with Crippen LogP contribution in [0.1, 0.15) is 5.56 Å². The maximum absolute atomic E-state index is 9.12. The molecule has 0 aliphatic heterocycles. The molecule has 2 aromatic carbocycles. The fourth-order valence-corrected chi connectivity index (χ4v) is 2.33. The third-order valence-electron chi connectivity index (χ3n) is 2.83. The maximum Gasteiger partial charge on any atom is 0.138 e.